The lowest BCUT2D eigenvalue weighted by molar-refractivity contribution is 0.215. The Morgan fingerprint density at radius 2 is 2.00 bits per heavy atom. The van der Waals surface area contributed by atoms with E-state index in [9.17, 15) is 9.50 Å². The Hall–Kier alpha value is -3.72. The number of nitrogens with two attached hydrogens (primary N) is 1. The zero-order chi connectivity index (χ0) is 22.6. The topological polar surface area (TPSA) is 104 Å². The van der Waals surface area contributed by atoms with Crippen molar-refractivity contribution < 1.29 is 14.2 Å². The monoisotopic (exact) mass is 434 g/mol. The standard InChI is InChI=1S/C23H23FN6O2/c1-4-30-8-7-16-21(30)13-9-18(23(25)26-11-13)32-12(2)17-10-14(24)5-6-15(17)19-20(22(16)31)28-29(3)27-19/h5-12,22,31H,4H2,1-3H3,(H2,25,26)/t12-,22?/m1/s1. The second-order valence-corrected chi connectivity index (χ2v) is 7.83. The third-order valence-corrected chi connectivity index (χ3v) is 5.79. The van der Waals surface area contributed by atoms with E-state index in [4.69, 9.17) is 10.5 Å². The molecular weight excluding hydrogens is 411 g/mol. The predicted molar refractivity (Wildman–Crippen MR) is 117 cm³/mol. The van der Waals surface area contributed by atoms with Crippen LogP contribution in [-0.2, 0) is 13.6 Å². The number of nitrogen functional groups attached to an aromatic ring is 1. The van der Waals surface area contributed by atoms with Gasteiger partial charge in [0.05, 0.1) is 5.69 Å². The third kappa shape index (κ3) is 3.13. The van der Waals surface area contributed by atoms with E-state index in [1.807, 2.05) is 30.7 Å². The molecule has 0 saturated heterocycles. The van der Waals surface area contributed by atoms with E-state index in [0.717, 1.165) is 11.3 Å². The zero-order valence-electron chi connectivity index (χ0n) is 18.0. The fourth-order valence-corrected chi connectivity index (χ4v) is 4.27. The van der Waals surface area contributed by atoms with Gasteiger partial charge < -0.3 is 20.1 Å². The van der Waals surface area contributed by atoms with Crippen molar-refractivity contribution in [1.82, 2.24) is 24.5 Å². The molecule has 0 radical (unpaired) electrons. The highest BCUT2D eigenvalue weighted by Gasteiger charge is 2.29. The minimum Gasteiger partial charge on any atom is -0.482 e. The van der Waals surface area contributed by atoms with Crippen molar-refractivity contribution in [3.63, 3.8) is 0 Å². The lowest BCUT2D eigenvalue weighted by Gasteiger charge is -2.22. The van der Waals surface area contributed by atoms with Crippen LogP contribution in [0, 0.1) is 5.82 Å². The van der Waals surface area contributed by atoms with Gasteiger partial charge in [-0.05, 0) is 44.2 Å². The van der Waals surface area contributed by atoms with Crippen LogP contribution in [0.25, 0.3) is 22.5 Å². The number of pyridine rings is 1. The van der Waals surface area contributed by atoms with Gasteiger partial charge in [-0.2, -0.15) is 15.0 Å². The van der Waals surface area contributed by atoms with Gasteiger partial charge in [0.1, 0.15) is 29.4 Å². The SMILES string of the molecule is CCn1ccc2c1-c1cnc(N)c(c1)O[C@H](C)c1cc(F)ccc1-c1nn(C)nc1C2O. The fraction of sp³-hybridized carbons (Fsp3) is 0.261. The third-order valence-electron chi connectivity index (χ3n) is 5.79. The van der Waals surface area contributed by atoms with Gasteiger partial charge in [0.15, 0.2) is 11.6 Å². The molecule has 3 N–H and O–H groups in total. The first-order valence-corrected chi connectivity index (χ1v) is 10.4. The Morgan fingerprint density at radius 3 is 2.78 bits per heavy atom. The number of aliphatic hydroxyl groups is 1. The van der Waals surface area contributed by atoms with Gasteiger partial charge in [0.2, 0.25) is 0 Å². The van der Waals surface area contributed by atoms with Gasteiger partial charge in [-0.25, -0.2) is 9.37 Å². The maximum absolute atomic E-state index is 14.2. The summed E-state index contributed by atoms with van der Waals surface area (Å²) in [5.41, 5.74) is 10.3. The molecular formula is C23H23FN6O2. The van der Waals surface area contributed by atoms with Crippen molar-refractivity contribution in [1.29, 1.82) is 0 Å². The number of aliphatic hydroxyl groups excluding tert-OH is 1. The predicted octanol–water partition coefficient (Wildman–Crippen LogP) is 3.62. The summed E-state index contributed by atoms with van der Waals surface area (Å²) in [6, 6.07) is 8.06. The number of halogens is 1. The van der Waals surface area contributed by atoms with Gasteiger partial charge >= 0.3 is 0 Å². The van der Waals surface area contributed by atoms with Crippen molar-refractivity contribution in [2.45, 2.75) is 32.6 Å². The van der Waals surface area contributed by atoms with Crippen LogP contribution in [0.3, 0.4) is 0 Å². The molecule has 1 unspecified atom stereocenters. The Balaban J connectivity index is 1.85. The largest absolute Gasteiger partial charge is 0.482 e. The summed E-state index contributed by atoms with van der Waals surface area (Å²) in [5.74, 6) is 0.210. The first-order chi connectivity index (χ1) is 15.4. The van der Waals surface area contributed by atoms with E-state index in [1.165, 1.54) is 16.9 Å². The number of hydrogen-bond donors (Lipinski definition) is 2. The van der Waals surface area contributed by atoms with E-state index in [-0.39, 0.29) is 5.82 Å². The molecule has 4 heterocycles. The number of aromatic nitrogens is 5. The van der Waals surface area contributed by atoms with Crippen LogP contribution in [0.4, 0.5) is 10.2 Å². The molecule has 1 aliphatic rings. The normalized spacial score (nSPS) is 17.4. The highest BCUT2D eigenvalue weighted by atomic mass is 19.1. The Kier molecular flexibility index (Phi) is 4.70. The van der Waals surface area contributed by atoms with Crippen molar-refractivity contribution in [2.75, 3.05) is 5.73 Å². The van der Waals surface area contributed by atoms with Gasteiger partial charge in [0.25, 0.3) is 0 Å². The van der Waals surface area contributed by atoms with Gasteiger partial charge in [-0.3, -0.25) is 0 Å². The molecule has 0 amide bonds. The van der Waals surface area contributed by atoms with Crippen LogP contribution >= 0.6 is 0 Å². The summed E-state index contributed by atoms with van der Waals surface area (Å²) in [6.45, 7) is 4.52. The van der Waals surface area contributed by atoms with Crippen molar-refractivity contribution in [3.8, 4) is 28.3 Å². The smallest absolute Gasteiger partial charge is 0.166 e. The fourth-order valence-electron chi connectivity index (χ4n) is 4.27. The number of nitrogens with zero attached hydrogens (tertiary/aromatic N) is 5. The molecule has 2 bridgehead atoms. The van der Waals surface area contributed by atoms with Crippen molar-refractivity contribution in [3.05, 3.63) is 65.4 Å². The quantitative estimate of drug-likeness (QED) is 0.474. The molecule has 9 heteroatoms. The van der Waals surface area contributed by atoms with Crippen molar-refractivity contribution in [2.24, 2.45) is 7.05 Å². The van der Waals surface area contributed by atoms with Crippen LogP contribution in [0.2, 0.25) is 0 Å². The Bertz CT molecular complexity index is 1330. The van der Waals surface area contributed by atoms with E-state index >= 15 is 0 Å². The lowest BCUT2D eigenvalue weighted by Crippen LogP contribution is -2.11. The number of fused-ring (bicyclic) bond motifs is 7. The second kappa shape index (κ2) is 7.45. The lowest BCUT2D eigenvalue weighted by atomic mass is 9.95. The maximum Gasteiger partial charge on any atom is 0.166 e. The Labute approximate surface area is 184 Å². The minimum atomic E-state index is -1.06. The molecule has 3 aromatic heterocycles. The summed E-state index contributed by atoms with van der Waals surface area (Å²) in [4.78, 5) is 5.72. The average molecular weight is 434 g/mol. The second-order valence-electron chi connectivity index (χ2n) is 7.83. The van der Waals surface area contributed by atoms with E-state index in [0.29, 0.717) is 40.4 Å². The van der Waals surface area contributed by atoms with E-state index in [1.54, 1.807) is 25.4 Å². The number of ether oxygens (including phenoxy) is 1. The molecule has 0 aliphatic carbocycles. The first kappa shape index (κ1) is 20.2. The molecule has 8 nitrogen and oxygen atoms in total. The van der Waals surface area contributed by atoms with E-state index in [2.05, 4.69) is 15.2 Å². The molecule has 164 valence electrons. The molecule has 5 rings (SSSR count). The first-order valence-electron chi connectivity index (χ1n) is 10.4. The molecule has 0 saturated carbocycles. The molecule has 4 aromatic rings. The van der Waals surface area contributed by atoms with E-state index < -0.39 is 18.0 Å². The van der Waals surface area contributed by atoms with Crippen LogP contribution in [0.1, 0.15) is 42.9 Å². The Morgan fingerprint density at radius 1 is 1.19 bits per heavy atom. The average Bonchev–Trinajstić information content (AvgIpc) is 3.37. The summed E-state index contributed by atoms with van der Waals surface area (Å²) < 4.78 is 22.4. The molecule has 32 heavy (non-hydrogen) atoms. The van der Waals surface area contributed by atoms with Crippen LogP contribution < -0.4 is 10.5 Å². The number of hydrogen-bond acceptors (Lipinski definition) is 6. The van der Waals surface area contributed by atoms with Gasteiger partial charge in [-0.1, -0.05) is 0 Å². The zero-order valence-corrected chi connectivity index (χ0v) is 18.0. The molecule has 1 aromatic carbocycles. The highest BCUT2D eigenvalue weighted by Crippen LogP contribution is 2.41. The minimum absolute atomic E-state index is 0.229. The van der Waals surface area contributed by atoms with Crippen LogP contribution in [-0.4, -0.2) is 29.7 Å². The highest BCUT2D eigenvalue weighted by molar-refractivity contribution is 5.72. The summed E-state index contributed by atoms with van der Waals surface area (Å²) in [7, 11) is 1.69. The maximum atomic E-state index is 14.2. The van der Waals surface area contributed by atoms with Gasteiger partial charge in [0, 0.05) is 48.2 Å². The van der Waals surface area contributed by atoms with Gasteiger partial charge in [-0.15, -0.1) is 0 Å². The summed E-state index contributed by atoms with van der Waals surface area (Å²) in [6.07, 6.45) is 1.94. The number of aryl methyl sites for hydroxylation is 2. The summed E-state index contributed by atoms with van der Waals surface area (Å²) >= 11 is 0. The number of anilines is 1. The van der Waals surface area contributed by atoms with Crippen molar-refractivity contribution >= 4 is 5.82 Å². The van der Waals surface area contributed by atoms with Crippen LogP contribution in [0.5, 0.6) is 5.75 Å². The summed E-state index contributed by atoms with van der Waals surface area (Å²) in [5, 5.41) is 20.4. The molecule has 0 fully saturated rings. The molecule has 2 atom stereocenters. The molecule has 1 aliphatic heterocycles. The van der Waals surface area contributed by atoms with Crippen LogP contribution in [0.15, 0.2) is 42.7 Å². The number of benzene rings is 1. The number of rotatable bonds is 1. The molecule has 0 spiro atoms.